The zero-order chi connectivity index (χ0) is 30.1. The molecular formula is C35H40F4O3. The molecule has 1 aliphatic heterocycles. The first-order valence-corrected chi connectivity index (χ1v) is 15.0. The highest BCUT2D eigenvalue weighted by Gasteiger charge is 2.30. The van der Waals surface area contributed by atoms with Crippen LogP contribution >= 0.6 is 0 Å². The molecule has 0 saturated carbocycles. The molecule has 1 fully saturated rings. The SMILES string of the molecule is C=CCCCOc1ccc(-c2ccc(-c3ccc(C4CCC(C(O)CCCCCC)OC4)c(F)c3F)cc2)c(F)c1F. The minimum atomic E-state index is -1.07. The van der Waals surface area contributed by atoms with Crippen molar-refractivity contribution in [1.29, 1.82) is 0 Å². The van der Waals surface area contributed by atoms with Gasteiger partial charge in [0.1, 0.15) is 0 Å². The van der Waals surface area contributed by atoms with Gasteiger partial charge >= 0.3 is 0 Å². The van der Waals surface area contributed by atoms with Gasteiger partial charge in [-0.25, -0.2) is 13.2 Å². The Morgan fingerprint density at radius 2 is 1.52 bits per heavy atom. The van der Waals surface area contributed by atoms with E-state index in [4.69, 9.17) is 9.47 Å². The molecule has 42 heavy (non-hydrogen) atoms. The molecule has 1 N–H and O–H groups in total. The minimum absolute atomic E-state index is 0.0428. The smallest absolute Gasteiger partial charge is 0.201 e. The second-order valence-corrected chi connectivity index (χ2v) is 11.0. The number of hydrogen-bond acceptors (Lipinski definition) is 3. The average molecular weight is 585 g/mol. The number of allylic oxidation sites excluding steroid dienone is 1. The zero-order valence-corrected chi connectivity index (χ0v) is 24.2. The van der Waals surface area contributed by atoms with Crippen molar-refractivity contribution < 1.29 is 32.1 Å². The molecule has 3 aromatic carbocycles. The number of rotatable bonds is 14. The number of hydrogen-bond donors (Lipinski definition) is 1. The fourth-order valence-electron chi connectivity index (χ4n) is 5.49. The molecule has 3 unspecified atom stereocenters. The summed E-state index contributed by atoms with van der Waals surface area (Å²) in [6.45, 7) is 6.23. The summed E-state index contributed by atoms with van der Waals surface area (Å²) in [6.07, 6.45) is 8.43. The molecule has 0 radical (unpaired) electrons. The van der Waals surface area contributed by atoms with Crippen molar-refractivity contribution >= 4 is 0 Å². The Bertz CT molecular complexity index is 1320. The molecule has 1 saturated heterocycles. The van der Waals surface area contributed by atoms with Crippen LogP contribution in [-0.2, 0) is 4.74 Å². The quantitative estimate of drug-likeness (QED) is 0.117. The van der Waals surface area contributed by atoms with Crippen molar-refractivity contribution in [2.24, 2.45) is 0 Å². The Balaban J connectivity index is 1.41. The van der Waals surface area contributed by atoms with Crippen molar-refractivity contribution in [3.63, 3.8) is 0 Å². The molecule has 0 aliphatic carbocycles. The Morgan fingerprint density at radius 1 is 0.857 bits per heavy atom. The molecule has 1 heterocycles. The standard InChI is InChI=1S/C35H40F4O3/c1-3-5-7-8-10-29(40)30-19-15-25(22-42-30)28-17-16-26(32(36)33(28)37)23-11-13-24(14-12-23)27-18-20-31(35(39)34(27)38)41-21-9-6-4-2/h4,11-14,16-18,20,25,29-30,40H,2-3,5-10,15,19,21-22H2,1H3. The third kappa shape index (κ3) is 7.61. The van der Waals surface area contributed by atoms with E-state index in [-0.39, 0.29) is 47.7 Å². The van der Waals surface area contributed by atoms with E-state index in [9.17, 15) is 13.9 Å². The molecule has 3 nitrogen and oxygen atoms in total. The van der Waals surface area contributed by atoms with Crippen molar-refractivity contribution in [2.45, 2.75) is 82.8 Å². The first kappa shape index (κ1) is 31.8. The van der Waals surface area contributed by atoms with E-state index in [0.29, 0.717) is 43.2 Å². The molecule has 7 heteroatoms. The third-order valence-electron chi connectivity index (χ3n) is 8.01. The van der Waals surface area contributed by atoms with Crippen LogP contribution in [0.2, 0.25) is 0 Å². The summed E-state index contributed by atoms with van der Waals surface area (Å²) in [7, 11) is 0. The predicted octanol–water partition coefficient (Wildman–Crippen LogP) is 9.52. The second kappa shape index (κ2) is 15.4. The summed E-state index contributed by atoms with van der Waals surface area (Å²) in [5, 5.41) is 10.5. The highest BCUT2D eigenvalue weighted by atomic mass is 19.2. The van der Waals surface area contributed by atoms with Gasteiger partial charge in [0.15, 0.2) is 23.2 Å². The van der Waals surface area contributed by atoms with Crippen molar-refractivity contribution in [1.82, 2.24) is 0 Å². The lowest BCUT2D eigenvalue weighted by Gasteiger charge is -2.32. The average Bonchev–Trinajstić information content (AvgIpc) is 3.01. The highest BCUT2D eigenvalue weighted by Crippen LogP contribution is 2.36. The van der Waals surface area contributed by atoms with Gasteiger partial charge in [-0.2, -0.15) is 4.39 Å². The summed E-state index contributed by atoms with van der Waals surface area (Å²) < 4.78 is 71.2. The largest absolute Gasteiger partial charge is 0.490 e. The molecule has 1 aliphatic rings. The van der Waals surface area contributed by atoms with E-state index in [0.717, 1.165) is 25.7 Å². The predicted molar refractivity (Wildman–Crippen MR) is 159 cm³/mol. The van der Waals surface area contributed by atoms with Gasteiger partial charge < -0.3 is 14.6 Å². The molecule has 226 valence electrons. The Morgan fingerprint density at radius 3 is 2.14 bits per heavy atom. The maximum Gasteiger partial charge on any atom is 0.201 e. The van der Waals surface area contributed by atoms with Crippen LogP contribution in [0.5, 0.6) is 5.75 Å². The zero-order valence-electron chi connectivity index (χ0n) is 24.2. The van der Waals surface area contributed by atoms with Gasteiger partial charge in [0.2, 0.25) is 5.82 Å². The topological polar surface area (TPSA) is 38.7 Å². The Kier molecular flexibility index (Phi) is 11.6. The summed E-state index contributed by atoms with van der Waals surface area (Å²) >= 11 is 0. The van der Waals surface area contributed by atoms with E-state index < -0.39 is 29.4 Å². The van der Waals surface area contributed by atoms with Gasteiger partial charge in [0, 0.05) is 17.0 Å². The number of aliphatic hydroxyl groups excluding tert-OH is 1. The van der Waals surface area contributed by atoms with Gasteiger partial charge in [-0.1, -0.05) is 75.1 Å². The lowest BCUT2D eigenvalue weighted by atomic mass is 9.87. The van der Waals surface area contributed by atoms with Crippen molar-refractivity contribution in [3.05, 3.63) is 90.0 Å². The Hall–Kier alpha value is -3.16. The van der Waals surface area contributed by atoms with Crippen LogP contribution in [-0.4, -0.2) is 30.5 Å². The number of halogens is 4. The van der Waals surface area contributed by atoms with Crippen LogP contribution in [0, 0.1) is 23.3 Å². The van der Waals surface area contributed by atoms with E-state index in [2.05, 4.69) is 13.5 Å². The van der Waals surface area contributed by atoms with Gasteiger partial charge in [-0.3, -0.25) is 0 Å². The molecular weight excluding hydrogens is 544 g/mol. The van der Waals surface area contributed by atoms with E-state index in [1.807, 2.05) is 0 Å². The van der Waals surface area contributed by atoms with Gasteiger partial charge in [0.05, 0.1) is 25.4 Å². The van der Waals surface area contributed by atoms with Crippen molar-refractivity contribution in [2.75, 3.05) is 13.2 Å². The van der Waals surface area contributed by atoms with Crippen LogP contribution in [0.25, 0.3) is 22.3 Å². The molecule has 0 amide bonds. The first-order valence-electron chi connectivity index (χ1n) is 15.0. The van der Waals surface area contributed by atoms with Crippen LogP contribution < -0.4 is 4.74 Å². The Labute approximate surface area is 246 Å². The lowest BCUT2D eigenvalue weighted by molar-refractivity contribution is -0.0723. The summed E-state index contributed by atoms with van der Waals surface area (Å²) in [6, 6.07) is 12.1. The van der Waals surface area contributed by atoms with Gasteiger partial charge in [-0.15, -0.1) is 6.58 Å². The fraction of sp³-hybridized carbons (Fsp3) is 0.429. The lowest BCUT2D eigenvalue weighted by Crippen LogP contribution is -2.35. The summed E-state index contributed by atoms with van der Waals surface area (Å²) in [4.78, 5) is 0. The molecule has 3 aromatic rings. The first-order chi connectivity index (χ1) is 20.3. The maximum absolute atomic E-state index is 15.3. The van der Waals surface area contributed by atoms with Crippen LogP contribution in [0.3, 0.4) is 0 Å². The van der Waals surface area contributed by atoms with Gasteiger partial charge in [0.25, 0.3) is 0 Å². The van der Waals surface area contributed by atoms with E-state index >= 15 is 8.78 Å². The third-order valence-corrected chi connectivity index (χ3v) is 8.01. The number of aliphatic hydroxyl groups is 1. The normalized spacial score (nSPS) is 17.7. The van der Waals surface area contributed by atoms with Crippen LogP contribution in [0.1, 0.15) is 76.2 Å². The second-order valence-electron chi connectivity index (χ2n) is 11.0. The number of unbranched alkanes of at least 4 members (excludes halogenated alkanes) is 4. The van der Waals surface area contributed by atoms with E-state index in [1.54, 1.807) is 36.4 Å². The van der Waals surface area contributed by atoms with Gasteiger partial charge in [-0.05, 0) is 60.9 Å². The van der Waals surface area contributed by atoms with Crippen molar-refractivity contribution in [3.8, 4) is 28.0 Å². The van der Waals surface area contributed by atoms with E-state index in [1.165, 1.54) is 18.2 Å². The summed E-state index contributed by atoms with van der Waals surface area (Å²) in [5.74, 6) is -4.45. The number of benzene rings is 3. The van der Waals surface area contributed by atoms with Crippen LogP contribution in [0.4, 0.5) is 17.6 Å². The molecule has 0 spiro atoms. The summed E-state index contributed by atoms with van der Waals surface area (Å²) in [5.41, 5.74) is 1.19. The number of ether oxygens (including phenoxy) is 2. The fourth-order valence-corrected chi connectivity index (χ4v) is 5.49. The minimum Gasteiger partial charge on any atom is -0.490 e. The highest BCUT2D eigenvalue weighted by molar-refractivity contribution is 5.72. The van der Waals surface area contributed by atoms with Crippen LogP contribution in [0.15, 0.2) is 61.2 Å². The molecule has 0 aromatic heterocycles. The maximum atomic E-state index is 15.3. The molecule has 4 rings (SSSR count). The monoisotopic (exact) mass is 584 g/mol. The molecule has 0 bridgehead atoms. The molecule has 3 atom stereocenters.